The van der Waals surface area contributed by atoms with Crippen molar-refractivity contribution in [1.29, 1.82) is 0 Å². The molecule has 0 aromatic carbocycles. The lowest BCUT2D eigenvalue weighted by Crippen LogP contribution is -2.30. The highest BCUT2D eigenvalue weighted by molar-refractivity contribution is 7.17. The summed E-state index contributed by atoms with van der Waals surface area (Å²) in [6.45, 7) is 2.73. The molecule has 0 amide bonds. The molecule has 5 heteroatoms. The Balaban J connectivity index is 1.69. The number of hydrogen-bond donors (Lipinski definition) is 0. The van der Waals surface area contributed by atoms with Gasteiger partial charge in [-0.25, -0.2) is 4.98 Å². The number of ketones is 1. The van der Waals surface area contributed by atoms with Crippen molar-refractivity contribution < 1.29 is 9.53 Å². The molecule has 1 saturated heterocycles. The minimum absolute atomic E-state index is 0.277. The van der Waals surface area contributed by atoms with Crippen LogP contribution in [0.4, 0.5) is 5.13 Å². The third kappa shape index (κ3) is 2.82. The molecule has 2 heterocycles. The van der Waals surface area contributed by atoms with Crippen molar-refractivity contribution >= 4 is 22.3 Å². The second kappa shape index (κ2) is 5.59. The first-order valence-electron chi connectivity index (χ1n) is 7.06. The normalized spacial score (nSPS) is 23.2. The molecule has 1 atom stereocenters. The van der Waals surface area contributed by atoms with E-state index in [1.54, 1.807) is 11.3 Å². The monoisotopic (exact) mass is 280 g/mol. The molecule has 1 aliphatic carbocycles. The molecule has 0 bridgehead atoms. The van der Waals surface area contributed by atoms with E-state index >= 15 is 0 Å². The van der Waals surface area contributed by atoms with E-state index in [0.717, 1.165) is 54.7 Å². The molecule has 0 spiro atoms. The van der Waals surface area contributed by atoms with Crippen LogP contribution >= 0.6 is 11.3 Å². The number of carbonyl (C=O) groups is 1. The molecule has 1 aromatic heterocycles. The first-order valence-corrected chi connectivity index (χ1v) is 7.87. The quantitative estimate of drug-likeness (QED) is 0.853. The van der Waals surface area contributed by atoms with Gasteiger partial charge in [0.1, 0.15) is 0 Å². The lowest BCUT2D eigenvalue weighted by molar-refractivity contribution is 0.0576. The van der Waals surface area contributed by atoms with E-state index < -0.39 is 0 Å². The molecule has 2 aliphatic rings. The highest BCUT2D eigenvalue weighted by Gasteiger charge is 2.24. The van der Waals surface area contributed by atoms with Crippen molar-refractivity contribution in [3.05, 3.63) is 10.6 Å². The maximum absolute atomic E-state index is 11.8. The highest BCUT2D eigenvalue weighted by Crippen LogP contribution is 2.32. The van der Waals surface area contributed by atoms with Gasteiger partial charge in [0.05, 0.1) is 17.2 Å². The van der Waals surface area contributed by atoms with Gasteiger partial charge in [-0.05, 0) is 31.6 Å². The summed E-state index contributed by atoms with van der Waals surface area (Å²) in [6, 6.07) is 0. The molecular weight excluding hydrogens is 260 g/mol. The number of ether oxygens (including phenoxy) is 1. The molecule has 1 aromatic rings. The van der Waals surface area contributed by atoms with E-state index in [-0.39, 0.29) is 5.78 Å². The summed E-state index contributed by atoms with van der Waals surface area (Å²) in [4.78, 5) is 19.6. The number of carbonyl (C=O) groups excluding carboxylic acids is 1. The number of aryl methyl sites for hydroxylation is 1. The molecule has 0 radical (unpaired) electrons. The fourth-order valence-electron chi connectivity index (χ4n) is 2.84. The Kier molecular flexibility index (Phi) is 3.84. The number of aromatic nitrogens is 1. The standard InChI is InChI=1S/C14H20N2O2S/c1-16(8-10-4-3-7-18-9-10)14-15-11-5-2-6-12(17)13(11)19-14/h10H,2-9H2,1H3. The first kappa shape index (κ1) is 13.1. The van der Waals surface area contributed by atoms with Gasteiger partial charge in [0.15, 0.2) is 10.9 Å². The molecular formula is C14H20N2O2S. The van der Waals surface area contributed by atoms with Crippen LogP contribution in [0.1, 0.15) is 41.0 Å². The molecule has 4 nitrogen and oxygen atoms in total. The Labute approximate surface area is 117 Å². The Morgan fingerprint density at radius 2 is 2.32 bits per heavy atom. The first-order chi connectivity index (χ1) is 9.24. The van der Waals surface area contributed by atoms with E-state index in [9.17, 15) is 4.79 Å². The fraction of sp³-hybridized carbons (Fsp3) is 0.714. The second-order valence-corrected chi connectivity index (χ2v) is 6.49. The average Bonchev–Trinajstić information content (AvgIpc) is 2.85. The zero-order valence-corrected chi connectivity index (χ0v) is 12.2. The summed E-state index contributed by atoms with van der Waals surface area (Å²) < 4.78 is 5.52. The van der Waals surface area contributed by atoms with E-state index in [1.807, 2.05) is 0 Å². The van der Waals surface area contributed by atoms with Crippen LogP contribution in [-0.4, -0.2) is 37.6 Å². The average molecular weight is 280 g/mol. The van der Waals surface area contributed by atoms with Crippen molar-refractivity contribution in [1.82, 2.24) is 4.98 Å². The molecule has 19 heavy (non-hydrogen) atoms. The van der Waals surface area contributed by atoms with E-state index in [2.05, 4.69) is 16.9 Å². The molecule has 1 unspecified atom stereocenters. The lowest BCUT2D eigenvalue weighted by Gasteiger charge is -2.26. The maximum atomic E-state index is 11.8. The van der Waals surface area contributed by atoms with Crippen molar-refractivity contribution in [2.45, 2.75) is 32.1 Å². The van der Waals surface area contributed by atoms with Crippen LogP contribution < -0.4 is 4.90 Å². The minimum Gasteiger partial charge on any atom is -0.381 e. The van der Waals surface area contributed by atoms with Gasteiger partial charge in [-0.1, -0.05) is 11.3 Å². The van der Waals surface area contributed by atoms with Gasteiger partial charge in [0, 0.05) is 26.6 Å². The minimum atomic E-state index is 0.277. The lowest BCUT2D eigenvalue weighted by atomic mass is 10.0. The van der Waals surface area contributed by atoms with Crippen LogP contribution in [0.5, 0.6) is 0 Å². The maximum Gasteiger partial charge on any atom is 0.185 e. The van der Waals surface area contributed by atoms with Gasteiger partial charge in [-0.15, -0.1) is 0 Å². The summed E-state index contributed by atoms with van der Waals surface area (Å²) in [5, 5.41) is 0.992. The van der Waals surface area contributed by atoms with E-state index in [1.165, 1.54) is 6.42 Å². The van der Waals surface area contributed by atoms with E-state index in [4.69, 9.17) is 4.74 Å². The zero-order valence-electron chi connectivity index (χ0n) is 11.4. The second-order valence-electron chi connectivity index (χ2n) is 5.51. The molecule has 1 aliphatic heterocycles. The molecule has 0 saturated carbocycles. The number of fused-ring (bicyclic) bond motifs is 1. The van der Waals surface area contributed by atoms with Crippen LogP contribution in [-0.2, 0) is 11.2 Å². The molecule has 3 rings (SSSR count). The Morgan fingerprint density at radius 1 is 1.42 bits per heavy atom. The smallest absolute Gasteiger partial charge is 0.185 e. The fourth-order valence-corrected chi connectivity index (χ4v) is 3.89. The number of Topliss-reactive ketones (excluding diaryl/α,β-unsaturated/α-hetero) is 1. The zero-order chi connectivity index (χ0) is 13.2. The SMILES string of the molecule is CN(CC1CCCOC1)c1nc2c(s1)C(=O)CCC2. The Bertz CT molecular complexity index is 466. The summed E-state index contributed by atoms with van der Waals surface area (Å²) >= 11 is 1.56. The predicted molar refractivity (Wildman–Crippen MR) is 76.2 cm³/mol. The van der Waals surface area contributed by atoms with Crippen molar-refractivity contribution in [2.75, 3.05) is 31.7 Å². The largest absolute Gasteiger partial charge is 0.381 e. The number of hydrogen-bond acceptors (Lipinski definition) is 5. The summed E-state index contributed by atoms with van der Waals surface area (Å²) in [6.07, 6.45) is 4.99. The number of anilines is 1. The van der Waals surface area contributed by atoms with Gasteiger partial charge >= 0.3 is 0 Å². The van der Waals surface area contributed by atoms with Crippen LogP contribution in [0.3, 0.4) is 0 Å². The third-order valence-electron chi connectivity index (χ3n) is 3.87. The summed E-state index contributed by atoms with van der Waals surface area (Å²) in [7, 11) is 2.07. The summed E-state index contributed by atoms with van der Waals surface area (Å²) in [5.41, 5.74) is 1.02. The Morgan fingerprint density at radius 3 is 3.05 bits per heavy atom. The van der Waals surface area contributed by atoms with Crippen molar-refractivity contribution in [3.8, 4) is 0 Å². The molecule has 0 N–H and O–H groups in total. The third-order valence-corrected chi connectivity index (χ3v) is 5.12. The Hall–Kier alpha value is -0.940. The van der Waals surface area contributed by atoms with Crippen LogP contribution in [0.15, 0.2) is 0 Å². The predicted octanol–water partition coefficient (Wildman–Crippen LogP) is 2.52. The van der Waals surface area contributed by atoms with Crippen molar-refractivity contribution in [3.63, 3.8) is 0 Å². The molecule has 1 fully saturated rings. The van der Waals surface area contributed by atoms with Gasteiger partial charge in [0.25, 0.3) is 0 Å². The van der Waals surface area contributed by atoms with Gasteiger partial charge in [-0.3, -0.25) is 4.79 Å². The van der Waals surface area contributed by atoms with Crippen LogP contribution in [0.25, 0.3) is 0 Å². The topological polar surface area (TPSA) is 42.4 Å². The highest BCUT2D eigenvalue weighted by atomic mass is 32.1. The number of nitrogens with zero attached hydrogens (tertiary/aromatic N) is 2. The van der Waals surface area contributed by atoms with Crippen LogP contribution in [0, 0.1) is 5.92 Å². The van der Waals surface area contributed by atoms with Gasteiger partial charge in [-0.2, -0.15) is 0 Å². The van der Waals surface area contributed by atoms with Gasteiger partial charge in [0.2, 0.25) is 0 Å². The molecule has 104 valence electrons. The number of rotatable bonds is 3. The van der Waals surface area contributed by atoms with E-state index in [0.29, 0.717) is 12.3 Å². The summed E-state index contributed by atoms with van der Waals surface area (Å²) in [5.74, 6) is 0.870. The number of thiazole rings is 1. The van der Waals surface area contributed by atoms with Crippen molar-refractivity contribution in [2.24, 2.45) is 5.92 Å². The van der Waals surface area contributed by atoms with Gasteiger partial charge < -0.3 is 9.64 Å². The van der Waals surface area contributed by atoms with Crippen LogP contribution in [0.2, 0.25) is 0 Å².